The second kappa shape index (κ2) is 12.6. The molecule has 5 aromatic carbocycles. The van der Waals surface area contributed by atoms with Gasteiger partial charge < -0.3 is 15.1 Å². The minimum Gasteiger partial charge on any atom is -0.436 e. The molecule has 6 rings (SSSR count). The maximum absolute atomic E-state index is 13.6. The first-order valence-electron chi connectivity index (χ1n) is 13.6. The molecule has 0 aliphatic carbocycles. The zero-order chi connectivity index (χ0) is 30.5. The van der Waals surface area contributed by atoms with Crippen LogP contribution in [0.4, 0.5) is 17.1 Å². The summed E-state index contributed by atoms with van der Waals surface area (Å²) < 4.78 is 5.86. The fourth-order valence-corrected chi connectivity index (χ4v) is 5.63. The molecule has 0 spiro atoms. The molecule has 0 aliphatic heterocycles. The summed E-state index contributed by atoms with van der Waals surface area (Å²) in [7, 11) is 0. The molecule has 0 aliphatic rings. The Morgan fingerprint density at radius 1 is 0.773 bits per heavy atom. The van der Waals surface area contributed by atoms with E-state index in [0.717, 1.165) is 21.5 Å². The van der Waals surface area contributed by atoms with Gasteiger partial charge >= 0.3 is 0 Å². The number of thioether (sulfide) groups is 1. The fraction of sp³-hybridized carbons (Fsp3) is 0.0294. The molecule has 1 atom stereocenters. The lowest BCUT2D eigenvalue weighted by Gasteiger charge is -2.18. The molecular formula is C34H24N4O5S. The Hall–Kier alpha value is -5.74. The second-order valence-corrected chi connectivity index (χ2v) is 10.9. The number of carbonyl (C=O) groups is 2. The zero-order valence-electron chi connectivity index (χ0n) is 23.0. The molecule has 216 valence electrons. The van der Waals surface area contributed by atoms with Crippen LogP contribution in [0.3, 0.4) is 0 Å². The highest BCUT2D eigenvalue weighted by atomic mass is 32.2. The second-order valence-electron chi connectivity index (χ2n) is 9.75. The number of nitrogens with one attached hydrogen (secondary N) is 2. The third-order valence-corrected chi connectivity index (χ3v) is 7.95. The molecule has 2 amide bonds. The Morgan fingerprint density at radius 2 is 1.52 bits per heavy atom. The number of fused-ring (bicyclic) bond motifs is 1. The summed E-state index contributed by atoms with van der Waals surface area (Å²) in [5.74, 6) is -0.199. The number of anilines is 2. The molecule has 10 heteroatoms. The molecule has 6 aromatic rings. The largest absolute Gasteiger partial charge is 0.436 e. The topological polar surface area (TPSA) is 127 Å². The number of oxazole rings is 1. The highest BCUT2D eigenvalue weighted by Crippen LogP contribution is 2.37. The van der Waals surface area contributed by atoms with E-state index in [2.05, 4.69) is 15.6 Å². The van der Waals surface area contributed by atoms with Crippen LogP contribution in [0.25, 0.3) is 22.6 Å². The third-order valence-electron chi connectivity index (χ3n) is 6.70. The quantitative estimate of drug-likeness (QED) is 0.0974. The first-order valence-corrected chi connectivity index (χ1v) is 14.5. The van der Waals surface area contributed by atoms with Gasteiger partial charge in [-0.3, -0.25) is 19.7 Å². The smallest absolute Gasteiger partial charge is 0.270 e. The van der Waals surface area contributed by atoms with E-state index in [9.17, 15) is 19.7 Å². The lowest BCUT2D eigenvalue weighted by atomic mass is 10.1. The van der Waals surface area contributed by atoms with Crippen LogP contribution in [0.5, 0.6) is 0 Å². The molecule has 1 aromatic heterocycles. The van der Waals surface area contributed by atoms with Crippen molar-refractivity contribution >= 4 is 51.7 Å². The standard InChI is InChI=1S/C34H24N4O5S/c39-32(24-10-6-12-27(20-24)38(41)42)36-26-11-7-13-28(21-26)44-31(22-8-2-1-3-9-22)33(40)35-25-18-16-23(17-19-25)34-37-29-14-4-5-15-30(29)43-34/h1-21,31H,(H,35,40)(H,36,39). The summed E-state index contributed by atoms with van der Waals surface area (Å²) in [5.41, 5.74) is 4.19. The van der Waals surface area contributed by atoms with Gasteiger partial charge in [0.1, 0.15) is 10.8 Å². The number of carbonyl (C=O) groups excluding carboxylic acids is 2. The molecule has 44 heavy (non-hydrogen) atoms. The Morgan fingerprint density at radius 3 is 2.30 bits per heavy atom. The van der Waals surface area contributed by atoms with E-state index in [0.29, 0.717) is 22.8 Å². The number of nitro groups is 1. The van der Waals surface area contributed by atoms with E-state index >= 15 is 0 Å². The Labute approximate surface area is 256 Å². The van der Waals surface area contributed by atoms with Gasteiger partial charge in [0.05, 0.1) is 4.92 Å². The van der Waals surface area contributed by atoms with E-state index in [1.807, 2.05) is 72.8 Å². The van der Waals surface area contributed by atoms with Crippen molar-refractivity contribution in [2.75, 3.05) is 10.6 Å². The third kappa shape index (κ3) is 6.50. The van der Waals surface area contributed by atoms with Crippen LogP contribution < -0.4 is 10.6 Å². The number of nitro benzene ring substituents is 1. The summed E-state index contributed by atoms with van der Waals surface area (Å²) in [4.78, 5) is 42.3. The zero-order valence-corrected chi connectivity index (χ0v) is 23.9. The maximum atomic E-state index is 13.6. The van der Waals surface area contributed by atoms with Crippen molar-refractivity contribution in [2.24, 2.45) is 0 Å². The van der Waals surface area contributed by atoms with Crippen molar-refractivity contribution in [2.45, 2.75) is 10.1 Å². The summed E-state index contributed by atoms with van der Waals surface area (Å²) in [6.07, 6.45) is 0. The van der Waals surface area contributed by atoms with Gasteiger partial charge in [0.25, 0.3) is 11.6 Å². The Bertz CT molecular complexity index is 1940. The van der Waals surface area contributed by atoms with Gasteiger partial charge in [-0.25, -0.2) is 4.98 Å². The van der Waals surface area contributed by atoms with Gasteiger partial charge in [-0.1, -0.05) is 54.6 Å². The lowest BCUT2D eigenvalue weighted by molar-refractivity contribution is -0.384. The summed E-state index contributed by atoms with van der Waals surface area (Å²) >= 11 is 1.34. The van der Waals surface area contributed by atoms with Gasteiger partial charge in [0.15, 0.2) is 5.58 Å². The molecule has 0 saturated heterocycles. The monoisotopic (exact) mass is 600 g/mol. The fourth-order valence-electron chi connectivity index (χ4n) is 4.55. The van der Waals surface area contributed by atoms with E-state index in [1.165, 1.54) is 36.0 Å². The number of rotatable bonds is 9. The summed E-state index contributed by atoms with van der Waals surface area (Å²) in [6, 6.07) is 36.9. The molecule has 0 saturated carbocycles. The van der Waals surface area contributed by atoms with Crippen LogP contribution in [-0.4, -0.2) is 21.7 Å². The average Bonchev–Trinajstić information content (AvgIpc) is 3.49. The number of non-ortho nitro benzene ring substituents is 1. The Kier molecular flexibility index (Phi) is 8.15. The van der Waals surface area contributed by atoms with Crippen molar-refractivity contribution in [3.05, 3.63) is 149 Å². The first-order chi connectivity index (χ1) is 21.4. The number of aromatic nitrogens is 1. The summed E-state index contributed by atoms with van der Waals surface area (Å²) in [5, 5.41) is 16.3. The SMILES string of the molecule is O=C(Nc1cccc(SC(C(=O)Nc2ccc(-c3nc4ccccc4o3)cc2)c2ccccc2)c1)c1cccc([N+](=O)[O-])c1. The molecule has 0 fully saturated rings. The predicted octanol–water partition coefficient (Wildman–Crippen LogP) is 8.13. The van der Waals surface area contributed by atoms with Crippen LogP contribution in [0.1, 0.15) is 21.2 Å². The lowest BCUT2D eigenvalue weighted by Crippen LogP contribution is -2.19. The van der Waals surface area contributed by atoms with Crippen molar-refractivity contribution in [1.82, 2.24) is 4.98 Å². The molecule has 9 nitrogen and oxygen atoms in total. The van der Waals surface area contributed by atoms with Gasteiger partial charge in [-0.2, -0.15) is 0 Å². The van der Waals surface area contributed by atoms with Crippen LogP contribution in [0.15, 0.2) is 137 Å². The van der Waals surface area contributed by atoms with E-state index in [4.69, 9.17) is 4.42 Å². The van der Waals surface area contributed by atoms with Crippen LogP contribution in [-0.2, 0) is 4.79 Å². The van der Waals surface area contributed by atoms with Crippen molar-refractivity contribution in [1.29, 1.82) is 0 Å². The van der Waals surface area contributed by atoms with Crippen molar-refractivity contribution in [3.8, 4) is 11.5 Å². The summed E-state index contributed by atoms with van der Waals surface area (Å²) in [6.45, 7) is 0. The number of nitrogens with zero attached hydrogens (tertiary/aromatic N) is 2. The van der Waals surface area contributed by atoms with Crippen LogP contribution in [0, 0.1) is 10.1 Å². The molecule has 2 N–H and O–H groups in total. The molecule has 0 bridgehead atoms. The minimum atomic E-state index is -0.601. The predicted molar refractivity (Wildman–Crippen MR) is 171 cm³/mol. The van der Waals surface area contributed by atoms with Crippen molar-refractivity contribution < 1.29 is 18.9 Å². The molecule has 1 heterocycles. The number of benzene rings is 5. The minimum absolute atomic E-state index is 0.167. The Balaban J connectivity index is 1.18. The van der Waals surface area contributed by atoms with Gasteiger partial charge in [-0.15, -0.1) is 11.8 Å². The number of para-hydroxylation sites is 2. The van der Waals surface area contributed by atoms with E-state index in [-0.39, 0.29) is 17.2 Å². The average molecular weight is 601 g/mol. The first kappa shape index (κ1) is 28.4. The number of hydrogen-bond donors (Lipinski definition) is 2. The maximum Gasteiger partial charge on any atom is 0.270 e. The highest BCUT2D eigenvalue weighted by Gasteiger charge is 2.23. The number of amides is 2. The van der Waals surface area contributed by atoms with Gasteiger partial charge in [-0.05, 0) is 66.2 Å². The molecule has 0 radical (unpaired) electrons. The van der Waals surface area contributed by atoms with Gasteiger partial charge in [0, 0.05) is 39.5 Å². The van der Waals surface area contributed by atoms with E-state index < -0.39 is 16.1 Å². The number of hydrogen-bond acceptors (Lipinski definition) is 7. The van der Waals surface area contributed by atoms with Gasteiger partial charge in [0.2, 0.25) is 11.8 Å². The van der Waals surface area contributed by atoms with Crippen LogP contribution in [0.2, 0.25) is 0 Å². The van der Waals surface area contributed by atoms with Crippen molar-refractivity contribution in [3.63, 3.8) is 0 Å². The van der Waals surface area contributed by atoms with E-state index in [1.54, 1.807) is 30.3 Å². The molecule has 1 unspecified atom stereocenters. The van der Waals surface area contributed by atoms with Crippen LogP contribution >= 0.6 is 11.8 Å². The molecular weight excluding hydrogens is 576 g/mol. The highest BCUT2D eigenvalue weighted by molar-refractivity contribution is 8.00. The normalized spacial score (nSPS) is 11.5.